The summed E-state index contributed by atoms with van der Waals surface area (Å²) < 4.78 is 85.5. The summed E-state index contributed by atoms with van der Waals surface area (Å²) in [5, 5.41) is 40.3. The van der Waals surface area contributed by atoms with E-state index in [0.717, 1.165) is 67.0 Å². The van der Waals surface area contributed by atoms with E-state index in [9.17, 15) is 34.4 Å². The van der Waals surface area contributed by atoms with Gasteiger partial charge in [0.2, 0.25) is 16.0 Å². The molecule has 1 heterocycles. The molecule has 0 spiro atoms. The van der Waals surface area contributed by atoms with Crippen molar-refractivity contribution in [1.29, 1.82) is 0 Å². The van der Waals surface area contributed by atoms with E-state index in [1.807, 2.05) is 202 Å². The number of aliphatic hydroxyl groups is 3. The number of primary sulfonamides is 1. The van der Waals surface area contributed by atoms with E-state index < -0.39 is 41.9 Å². The highest BCUT2D eigenvalue weighted by Crippen LogP contribution is 2.20. The minimum absolute atomic E-state index is 0.00241. The van der Waals surface area contributed by atoms with Gasteiger partial charge in [0.1, 0.15) is 11.6 Å². The molecule has 0 saturated carbocycles. The number of nitrogen functional groups attached to an aromatic ring is 2. The van der Waals surface area contributed by atoms with Crippen LogP contribution in [-0.4, -0.2) is 75.0 Å². The molecule has 0 aliphatic heterocycles. The number of amides is 1. The summed E-state index contributed by atoms with van der Waals surface area (Å²) in [6.45, 7) is 30.0. The zero-order valence-corrected chi connectivity index (χ0v) is 81.3. The molecule has 14 aromatic rings. The second-order valence-corrected chi connectivity index (χ2v) is 36.2. The molecule has 14 rings (SSSR count). The molecule has 690 valence electrons. The first-order valence-corrected chi connectivity index (χ1v) is 47.7. The molecule has 25 heteroatoms. The molecule has 1 amide bonds. The van der Waals surface area contributed by atoms with Crippen LogP contribution in [0.15, 0.2) is 363 Å². The van der Waals surface area contributed by atoms with E-state index in [-0.39, 0.29) is 40.3 Å². The van der Waals surface area contributed by atoms with Crippen LogP contribution in [0, 0.1) is 110 Å². The number of aromatic nitrogens is 1. The fraction of sp³-hybridized carbons (Fsp3) is 0.190. The Balaban J connectivity index is 0.000000481. The Morgan fingerprint density at radius 3 is 1.12 bits per heavy atom. The number of pyridine rings is 1. The largest absolute Gasteiger partial charge is 0.508 e. The minimum Gasteiger partial charge on any atom is -0.508 e. The van der Waals surface area contributed by atoms with E-state index in [2.05, 4.69) is 122 Å². The van der Waals surface area contributed by atoms with Gasteiger partial charge in [-0.3, -0.25) is 9.78 Å². The fourth-order valence-corrected chi connectivity index (χ4v) is 13.2. The number of phenolic OH excluding ortho intramolecular Hbond substituents is 1. The Hall–Kier alpha value is -12.5. The monoisotopic (exact) mass is 1850 g/mol. The van der Waals surface area contributed by atoms with Crippen molar-refractivity contribution in [3.8, 4) is 5.75 Å². The molecule has 0 atom stereocenters. The van der Waals surface area contributed by atoms with Gasteiger partial charge in [0.25, 0.3) is 26.0 Å². The van der Waals surface area contributed by atoms with Gasteiger partial charge >= 0.3 is 0 Å². The molecule has 130 heavy (non-hydrogen) atoms. The number of halogens is 1. The molecule has 0 aliphatic rings. The molecule has 0 fully saturated rings. The molecule has 0 bridgehead atoms. The number of phenols is 1. The minimum atomic E-state index is -3.82. The first-order chi connectivity index (χ1) is 61.4. The predicted octanol–water partition coefficient (Wildman–Crippen LogP) is 21.6. The number of aliphatic hydroxyl groups excluding tert-OH is 3. The Labute approximate surface area is 780 Å². The van der Waals surface area contributed by atoms with Crippen LogP contribution in [-0.2, 0) is 49.9 Å². The number of guanidine groups is 1. The highest BCUT2D eigenvalue weighted by Gasteiger charge is 2.18. The van der Waals surface area contributed by atoms with Crippen molar-refractivity contribution in [1.82, 2.24) is 9.71 Å². The summed E-state index contributed by atoms with van der Waals surface area (Å²) >= 11 is 3.56. The third-order valence-electron chi connectivity index (χ3n) is 17.5. The van der Waals surface area contributed by atoms with Crippen LogP contribution < -0.4 is 32.8 Å². The Kier molecular flexibility index (Phi) is 54.0. The number of benzene rings is 13. The van der Waals surface area contributed by atoms with Crippen molar-refractivity contribution in [3.05, 3.63) is 445 Å². The van der Waals surface area contributed by atoms with E-state index in [4.69, 9.17) is 48.5 Å². The van der Waals surface area contributed by atoms with Gasteiger partial charge in [-0.15, -0.1) is 27.9 Å². The fourth-order valence-electron chi connectivity index (χ4n) is 9.92. The van der Waals surface area contributed by atoms with Crippen molar-refractivity contribution in [2.45, 2.75) is 148 Å². The van der Waals surface area contributed by atoms with Crippen LogP contribution >= 0.6 is 23.5 Å². The predicted molar refractivity (Wildman–Crippen MR) is 540 cm³/mol. The van der Waals surface area contributed by atoms with Crippen molar-refractivity contribution in [2.24, 2.45) is 21.0 Å². The number of rotatable bonds is 11. The van der Waals surface area contributed by atoms with Crippen LogP contribution in [0.3, 0.4) is 0 Å². The number of nitrogens with zero attached hydrogens (tertiary/aromatic N) is 2. The van der Waals surface area contributed by atoms with Crippen LogP contribution in [0.5, 0.6) is 5.75 Å². The van der Waals surface area contributed by atoms with Crippen LogP contribution in [0.2, 0.25) is 0 Å². The number of aromatic hydroxyl groups is 1. The lowest BCUT2D eigenvalue weighted by Crippen LogP contribution is -2.30. The molecule has 0 radical (unpaired) electrons. The summed E-state index contributed by atoms with van der Waals surface area (Å²) in [5.74, 6) is -0.891. The molecule has 15 N–H and O–H groups in total. The smallest absolute Gasteiger partial charge is 0.285 e. The van der Waals surface area contributed by atoms with Crippen LogP contribution in [0.4, 0.5) is 15.8 Å². The topological polar surface area (TPSA) is 368 Å². The number of anilines is 2. The normalized spacial score (nSPS) is 9.98. The highest BCUT2D eigenvalue weighted by atomic mass is 32.2. The number of sulfonamides is 3. The zero-order chi connectivity index (χ0) is 97.4. The third kappa shape index (κ3) is 51.5. The molecule has 0 unspecified atom stereocenters. The Morgan fingerprint density at radius 2 is 0.762 bits per heavy atom. The van der Waals surface area contributed by atoms with E-state index in [1.165, 1.54) is 103 Å². The van der Waals surface area contributed by atoms with Crippen molar-refractivity contribution in [2.75, 3.05) is 24.0 Å². The van der Waals surface area contributed by atoms with Gasteiger partial charge in [0, 0.05) is 39.1 Å². The summed E-state index contributed by atoms with van der Waals surface area (Å²) in [6.07, 6.45) is 7.78. The lowest BCUT2D eigenvalue weighted by atomic mass is 10.1. The van der Waals surface area contributed by atoms with Crippen molar-refractivity contribution >= 4 is 76.8 Å². The lowest BCUT2D eigenvalue weighted by molar-refractivity contribution is 0.0981. The number of carbonyl (C=O) groups is 1. The summed E-state index contributed by atoms with van der Waals surface area (Å²) in [5.41, 5.74) is 42.8. The highest BCUT2D eigenvalue weighted by molar-refractivity contribution is 7.98. The molecular formula is C105H127FN8O11S5. The summed E-state index contributed by atoms with van der Waals surface area (Å²) in [6, 6.07) is 97.7. The van der Waals surface area contributed by atoms with Gasteiger partial charge < -0.3 is 43.4 Å². The quantitative estimate of drug-likeness (QED) is 0.0249. The number of nitrogens with two attached hydrogens (primary N) is 5. The first-order valence-electron chi connectivity index (χ1n) is 40.8. The van der Waals surface area contributed by atoms with E-state index in [0.29, 0.717) is 11.3 Å². The van der Waals surface area contributed by atoms with Gasteiger partial charge in [-0.2, -0.15) is 8.42 Å². The van der Waals surface area contributed by atoms with E-state index in [1.54, 1.807) is 115 Å². The molecule has 13 aromatic carbocycles. The van der Waals surface area contributed by atoms with Gasteiger partial charge in [0.05, 0.1) is 34.5 Å². The molecule has 19 nitrogen and oxygen atoms in total. The van der Waals surface area contributed by atoms with E-state index >= 15 is 0 Å². The number of nitrogens with one attached hydrogen (secondary N) is 1. The summed E-state index contributed by atoms with van der Waals surface area (Å²) in [4.78, 5) is 18.7. The second-order valence-electron chi connectivity index (χ2n) is 29.6. The van der Waals surface area contributed by atoms with Gasteiger partial charge in [-0.1, -0.05) is 261 Å². The Morgan fingerprint density at radius 1 is 0.377 bits per heavy atom. The van der Waals surface area contributed by atoms with Gasteiger partial charge in [0.15, 0.2) is 0 Å². The number of carbonyl (C=O) groups excluding carboxylic acids is 1. The van der Waals surface area contributed by atoms with Gasteiger partial charge in [-0.25, -0.2) is 31.1 Å². The van der Waals surface area contributed by atoms with Crippen LogP contribution in [0.25, 0.3) is 0 Å². The average molecular weight is 1860 g/mol. The number of thioether (sulfide) groups is 2. The molecule has 1 aromatic heterocycles. The van der Waals surface area contributed by atoms with Crippen molar-refractivity contribution in [3.63, 3.8) is 0 Å². The number of aryl methyl sites for hydroxylation is 15. The lowest BCUT2D eigenvalue weighted by Gasteiger charge is -2.07. The third-order valence-corrected chi connectivity index (χ3v) is 22.6. The zero-order valence-electron chi connectivity index (χ0n) is 77.2. The second kappa shape index (κ2) is 61.8. The first kappa shape index (κ1) is 114. The SMILES string of the molecule is CSc1ccc(C)cc1.CSc1cccc(C)c1.Cc1ccc(C)c(O)c1.Cc1ccc(C)cc1.Cc1ccc(CO)c(CO)c1.Cc1ccc(CO)cc1.Cc1ccc(F)cc1.Cc1ccc(N)cc1.Cc1ccc(S(=O)(=O)N=C(N)N)cc1.Cc1ccc(S(=O)(=O)NC(=O)c2ccccc2)cc1.Cc1ccc(S(N)(=O)=O)cc1.Cc1cccc(N)c1.Cc1cccnc1. The maximum absolute atomic E-state index is 12.1. The molecule has 0 saturated heterocycles. The van der Waals surface area contributed by atoms with Gasteiger partial charge in [-0.05, 0) is 277 Å². The number of hydrogen-bond donors (Lipinski definition) is 10. The molecule has 0 aliphatic carbocycles. The van der Waals surface area contributed by atoms with Crippen molar-refractivity contribution < 1.29 is 54.9 Å². The van der Waals surface area contributed by atoms with Crippen LogP contribution in [0.1, 0.15) is 111 Å². The Bertz CT molecular complexity index is 5720. The molecular weight excluding hydrogens is 1730 g/mol. The number of hydrogen-bond acceptors (Lipinski definition) is 16. The maximum atomic E-state index is 12.1. The summed E-state index contributed by atoms with van der Waals surface area (Å²) in [7, 11) is -11.1. The average Bonchev–Trinajstić information content (AvgIpc) is 0.834. The maximum Gasteiger partial charge on any atom is 0.285 e. The standard InChI is InChI=1S/C14H13NO3S.C9H12O2.C8H11N3O2S.2C8H10O.2C8H10S.C8H10.C7H7F.C7H9NO2S.2C7H9N.C6H7N/c1-11-7-9-13(10-8-11)19(17,18)15-14(16)12-5-3-2-4-6-12;1-7-2-3-8(5-10)9(4-7)6-11;1-6-2-4-7(5-3-6)14(12,13)11-8(9)10;1-6-3-4-7(2)8(9)5-6;1-7-2-4-8(6-9)5-3-7;1-7-3-5-8(9-2)6-4-7;1-7-4-3-5-8(6-7)9-2;1-7-3-5-8(2)6-4-7;1-6-2-4-7(8)5-3-6;1-6-2-4-7(5-3-6)11(8,9)10;1-6-2-4-7(8)5-3-6;1-6-3-2-4-7(8)5-6;1-6-3-2-4-7-5-6/h2-10H,1H3,(H,15,16);2-4,10-11H,5-6H2,1H3;2-5H,1H3,(H4,9,10,11);3-5,9H,1-2H3;2-5,9H,6H2,1H3;2*3-6H,1-2H3;3-6H,1-2H3;2-5H,1H3;2-5H,1H3,(H2,8,9,10);2*2-5H,8H2,1H3;2-5H,1H3.